The molecular weight excluding hydrogens is 388 g/mol. The van der Waals surface area contributed by atoms with E-state index < -0.39 is 15.8 Å². The van der Waals surface area contributed by atoms with Gasteiger partial charge in [0.1, 0.15) is 5.75 Å². The third-order valence-electron chi connectivity index (χ3n) is 5.24. The van der Waals surface area contributed by atoms with Crippen molar-refractivity contribution in [1.82, 2.24) is 0 Å². The summed E-state index contributed by atoms with van der Waals surface area (Å²) in [4.78, 5) is 25.2. The fourth-order valence-electron chi connectivity index (χ4n) is 3.45. The number of esters is 1. The second-order valence-electron chi connectivity index (χ2n) is 7.08. The van der Waals surface area contributed by atoms with Crippen LogP contribution in [0.15, 0.2) is 64.4 Å². The Kier molecular flexibility index (Phi) is 4.39. The summed E-state index contributed by atoms with van der Waals surface area (Å²) in [6.45, 7) is 5.61. The van der Waals surface area contributed by atoms with E-state index in [-0.39, 0.29) is 32.3 Å². The first kappa shape index (κ1) is 19.1. The number of hydrogen-bond donors (Lipinski definition) is 0. The molecule has 0 fully saturated rings. The maximum atomic E-state index is 13.0. The van der Waals surface area contributed by atoms with E-state index in [1.54, 1.807) is 12.1 Å². The largest absolute Gasteiger partial charge is 0.422 e. The number of fused-ring (bicyclic) bond motifs is 2. The van der Waals surface area contributed by atoms with Gasteiger partial charge in [-0.15, -0.1) is 0 Å². The molecule has 146 valence electrons. The van der Waals surface area contributed by atoms with Crippen molar-refractivity contribution < 1.29 is 22.7 Å². The summed E-state index contributed by atoms with van der Waals surface area (Å²) in [6, 6.07) is 13.9. The average molecular weight is 406 g/mol. The molecule has 1 aliphatic rings. The zero-order chi connectivity index (χ0) is 20.9. The second kappa shape index (κ2) is 6.67. The van der Waals surface area contributed by atoms with E-state index in [2.05, 4.69) is 0 Å². The lowest BCUT2D eigenvalue weighted by atomic mass is 10.0. The van der Waals surface area contributed by atoms with Crippen LogP contribution in [-0.4, -0.2) is 20.2 Å². The van der Waals surface area contributed by atoms with Gasteiger partial charge in [-0.3, -0.25) is 4.79 Å². The molecule has 0 aromatic heterocycles. The van der Waals surface area contributed by atoms with Gasteiger partial charge in [0, 0.05) is 11.1 Å². The molecule has 6 heteroatoms. The molecule has 1 heterocycles. The smallest absolute Gasteiger partial charge is 0.343 e. The number of ether oxygens (including phenoxy) is 1. The zero-order valence-corrected chi connectivity index (χ0v) is 17.0. The van der Waals surface area contributed by atoms with Crippen molar-refractivity contribution in [3.8, 4) is 5.75 Å². The van der Waals surface area contributed by atoms with Crippen molar-refractivity contribution in [3.05, 3.63) is 88.0 Å². The topological polar surface area (TPSA) is 77.5 Å². The summed E-state index contributed by atoms with van der Waals surface area (Å²) in [5.74, 6) is -0.598. The quantitative estimate of drug-likeness (QED) is 0.368. The number of sulfone groups is 1. The number of ketones is 1. The Bertz CT molecular complexity index is 1300. The highest BCUT2D eigenvalue weighted by atomic mass is 32.2. The van der Waals surface area contributed by atoms with Crippen LogP contribution in [-0.2, 0) is 9.84 Å². The molecule has 1 aliphatic heterocycles. The monoisotopic (exact) mass is 406 g/mol. The fourth-order valence-corrected chi connectivity index (χ4v) is 5.12. The summed E-state index contributed by atoms with van der Waals surface area (Å²) in [5, 5.41) is 0. The van der Waals surface area contributed by atoms with E-state index in [1.807, 2.05) is 32.9 Å². The molecule has 0 unspecified atom stereocenters. The van der Waals surface area contributed by atoms with Gasteiger partial charge in [-0.2, -0.15) is 0 Å². The molecule has 0 amide bonds. The first-order chi connectivity index (χ1) is 13.7. The molecule has 29 heavy (non-hydrogen) atoms. The van der Waals surface area contributed by atoms with Gasteiger partial charge in [0.25, 0.3) is 0 Å². The second-order valence-corrected chi connectivity index (χ2v) is 8.97. The maximum Gasteiger partial charge on any atom is 0.343 e. The van der Waals surface area contributed by atoms with E-state index in [1.165, 1.54) is 30.3 Å². The number of carbonyl (C=O) groups excluding carboxylic acids is 2. The third-order valence-corrected chi connectivity index (χ3v) is 7.09. The van der Waals surface area contributed by atoms with Crippen LogP contribution in [0.2, 0.25) is 0 Å². The minimum atomic E-state index is -3.91. The molecule has 4 rings (SSSR count). The molecule has 0 radical (unpaired) electrons. The highest BCUT2D eigenvalue weighted by Gasteiger charge is 2.35. The lowest BCUT2D eigenvalue weighted by molar-refractivity contribution is 0.0731. The molecule has 0 saturated heterocycles. The van der Waals surface area contributed by atoms with Gasteiger partial charge in [0.05, 0.1) is 15.4 Å². The van der Waals surface area contributed by atoms with Crippen molar-refractivity contribution in [1.29, 1.82) is 0 Å². The highest BCUT2D eigenvalue weighted by molar-refractivity contribution is 7.91. The Balaban J connectivity index is 1.78. The standard InChI is InChI=1S/C23H18O5S/c1-13-8-9-14(2)22(15(13)3)28-23(25)16-10-11-18-20(12-16)29(26,27)19-7-5-4-6-17(19)21(18)24/h4-12H,1-3H3. The van der Waals surface area contributed by atoms with Gasteiger partial charge in [-0.05, 0) is 67.8 Å². The Morgan fingerprint density at radius 2 is 1.48 bits per heavy atom. The van der Waals surface area contributed by atoms with Gasteiger partial charge >= 0.3 is 5.97 Å². The fraction of sp³-hybridized carbons (Fsp3) is 0.130. The molecule has 0 N–H and O–H groups in total. The van der Waals surface area contributed by atoms with Crippen molar-refractivity contribution >= 4 is 21.6 Å². The molecule has 5 nitrogen and oxygen atoms in total. The van der Waals surface area contributed by atoms with Crippen LogP contribution in [0.3, 0.4) is 0 Å². The van der Waals surface area contributed by atoms with E-state index in [9.17, 15) is 18.0 Å². The van der Waals surface area contributed by atoms with Gasteiger partial charge in [-0.25, -0.2) is 13.2 Å². The number of carbonyl (C=O) groups is 2. The molecule has 3 aromatic rings. The molecular formula is C23H18O5S. The first-order valence-corrected chi connectivity index (χ1v) is 10.5. The number of benzene rings is 3. The molecule has 3 aromatic carbocycles. The van der Waals surface area contributed by atoms with Crippen molar-refractivity contribution in [2.24, 2.45) is 0 Å². The average Bonchev–Trinajstić information content (AvgIpc) is 2.72. The Morgan fingerprint density at radius 1 is 0.828 bits per heavy atom. The predicted octanol–water partition coefficient (Wildman–Crippen LogP) is 4.21. The van der Waals surface area contributed by atoms with E-state index >= 15 is 0 Å². The third kappa shape index (κ3) is 2.96. The number of aryl methyl sites for hydroxylation is 2. The Labute approximate surface area is 168 Å². The van der Waals surface area contributed by atoms with Gasteiger partial charge in [-0.1, -0.05) is 24.3 Å². The van der Waals surface area contributed by atoms with Crippen LogP contribution in [0.1, 0.15) is 43.0 Å². The SMILES string of the molecule is Cc1ccc(C)c(OC(=O)c2ccc3c(c2)S(=O)(=O)c2ccccc2C3=O)c1C. The van der Waals surface area contributed by atoms with E-state index in [0.717, 1.165) is 16.7 Å². The molecule has 0 atom stereocenters. The van der Waals surface area contributed by atoms with Crippen molar-refractivity contribution in [2.75, 3.05) is 0 Å². The Morgan fingerprint density at radius 3 is 2.24 bits per heavy atom. The molecule has 0 spiro atoms. The maximum absolute atomic E-state index is 13.0. The van der Waals surface area contributed by atoms with Gasteiger partial charge in [0.15, 0.2) is 5.78 Å². The lowest BCUT2D eigenvalue weighted by Gasteiger charge is -2.19. The van der Waals surface area contributed by atoms with Crippen LogP contribution < -0.4 is 4.74 Å². The molecule has 0 saturated carbocycles. The van der Waals surface area contributed by atoms with Crippen LogP contribution in [0.4, 0.5) is 0 Å². The summed E-state index contributed by atoms with van der Waals surface area (Å²) >= 11 is 0. The Hall–Kier alpha value is -3.25. The summed E-state index contributed by atoms with van der Waals surface area (Å²) in [7, 11) is -3.91. The highest BCUT2D eigenvalue weighted by Crippen LogP contribution is 2.35. The van der Waals surface area contributed by atoms with E-state index in [4.69, 9.17) is 4.74 Å². The van der Waals surface area contributed by atoms with Crippen molar-refractivity contribution in [3.63, 3.8) is 0 Å². The summed E-state index contributed by atoms with van der Waals surface area (Å²) < 4.78 is 31.6. The minimum Gasteiger partial charge on any atom is -0.422 e. The van der Waals surface area contributed by atoms with Gasteiger partial charge < -0.3 is 4.74 Å². The zero-order valence-electron chi connectivity index (χ0n) is 16.1. The number of hydrogen-bond acceptors (Lipinski definition) is 5. The van der Waals surface area contributed by atoms with E-state index in [0.29, 0.717) is 5.75 Å². The predicted molar refractivity (Wildman–Crippen MR) is 107 cm³/mol. The minimum absolute atomic E-state index is 0.0478. The summed E-state index contributed by atoms with van der Waals surface area (Å²) in [6.07, 6.45) is 0. The molecule has 0 bridgehead atoms. The van der Waals surface area contributed by atoms with Gasteiger partial charge in [0.2, 0.25) is 9.84 Å². The van der Waals surface area contributed by atoms with Crippen LogP contribution >= 0.6 is 0 Å². The normalized spacial score (nSPS) is 14.1. The molecule has 0 aliphatic carbocycles. The first-order valence-electron chi connectivity index (χ1n) is 9.03. The van der Waals surface area contributed by atoms with Crippen LogP contribution in [0.5, 0.6) is 5.75 Å². The summed E-state index contributed by atoms with van der Waals surface area (Å²) in [5.41, 5.74) is 2.89. The van der Waals surface area contributed by atoms with Crippen molar-refractivity contribution in [2.45, 2.75) is 30.6 Å². The van der Waals surface area contributed by atoms with Crippen LogP contribution in [0, 0.1) is 20.8 Å². The van der Waals surface area contributed by atoms with Crippen LogP contribution in [0.25, 0.3) is 0 Å². The lowest BCUT2D eigenvalue weighted by Crippen LogP contribution is -2.21. The number of rotatable bonds is 2.